The Hall–Kier alpha value is -1.54. The van der Waals surface area contributed by atoms with Crippen LogP contribution in [0.1, 0.15) is 10.4 Å². The Kier molecular flexibility index (Phi) is 2.88. The third-order valence-electron chi connectivity index (χ3n) is 2.24. The summed E-state index contributed by atoms with van der Waals surface area (Å²) in [5, 5.41) is -0.199. The Morgan fingerprint density at radius 1 is 0.800 bits per heavy atom. The van der Waals surface area contributed by atoms with Gasteiger partial charge in [0.2, 0.25) is 5.12 Å². The number of hydrogen-bond donors (Lipinski definition) is 1. The Labute approximate surface area is 94.2 Å². The van der Waals surface area contributed by atoms with Crippen molar-refractivity contribution in [2.24, 2.45) is 0 Å². The van der Waals surface area contributed by atoms with Gasteiger partial charge in [-0.05, 0) is 23.3 Å². The molecular formula is C13H10OS. The molecule has 2 heteroatoms. The molecule has 2 aromatic rings. The highest BCUT2D eigenvalue weighted by Crippen LogP contribution is 2.19. The van der Waals surface area contributed by atoms with Crippen molar-refractivity contribution in [2.45, 2.75) is 0 Å². The van der Waals surface area contributed by atoms with Crippen LogP contribution in [0.15, 0.2) is 54.6 Å². The average Bonchev–Trinajstić information content (AvgIpc) is 2.30. The molecule has 0 saturated carbocycles. The van der Waals surface area contributed by atoms with Gasteiger partial charge in [-0.15, -0.1) is 12.6 Å². The standard InChI is InChI=1S/C13H10OS/c14-13(15)12-8-6-11(7-9-12)10-4-2-1-3-5-10/h1-9H,(H,14,15). The quantitative estimate of drug-likeness (QED) is 0.758. The van der Waals surface area contributed by atoms with Gasteiger partial charge in [0, 0.05) is 5.56 Å². The van der Waals surface area contributed by atoms with Crippen LogP contribution in [-0.2, 0) is 0 Å². The zero-order valence-corrected chi connectivity index (χ0v) is 8.95. The molecule has 0 heterocycles. The fourth-order valence-electron chi connectivity index (χ4n) is 1.44. The lowest BCUT2D eigenvalue weighted by atomic mass is 10.0. The minimum Gasteiger partial charge on any atom is -0.282 e. The van der Waals surface area contributed by atoms with Crippen molar-refractivity contribution in [1.29, 1.82) is 0 Å². The summed E-state index contributed by atoms with van der Waals surface area (Å²) in [7, 11) is 0. The topological polar surface area (TPSA) is 17.1 Å². The molecule has 0 fully saturated rings. The number of carbonyl (C=O) groups is 1. The Balaban J connectivity index is 2.36. The molecule has 2 aromatic carbocycles. The zero-order valence-electron chi connectivity index (χ0n) is 8.05. The van der Waals surface area contributed by atoms with Gasteiger partial charge in [-0.3, -0.25) is 4.79 Å². The normalized spacial score (nSPS) is 9.93. The second kappa shape index (κ2) is 4.32. The van der Waals surface area contributed by atoms with Gasteiger partial charge >= 0.3 is 0 Å². The van der Waals surface area contributed by atoms with Gasteiger partial charge in [0.1, 0.15) is 0 Å². The Bertz CT molecular complexity index is 460. The van der Waals surface area contributed by atoms with E-state index in [2.05, 4.69) is 12.6 Å². The molecule has 0 spiro atoms. The fraction of sp³-hybridized carbons (Fsp3) is 0. The van der Waals surface area contributed by atoms with Crippen LogP contribution >= 0.6 is 12.6 Å². The largest absolute Gasteiger partial charge is 0.282 e. The van der Waals surface area contributed by atoms with Gasteiger partial charge in [0.15, 0.2) is 0 Å². The number of rotatable bonds is 2. The van der Waals surface area contributed by atoms with Crippen LogP contribution in [0.3, 0.4) is 0 Å². The van der Waals surface area contributed by atoms with E-state index in [1.165, 1.54) is 0 Å². The molecule has 0 aliphatic heterocycles. The van der Waals surface area contributed by atoms with Crippen molar-refractivity contribution in [3.8, 4) is 11.1 Å². The van der Waals surface area contributed by atoms with Crippen molar-refractivity contribution in [1.82, 2.24) is 0 Å². The molecule has 0 bridgehead atoms. The van der Waals surface area contributed by atoms with E-state index in [-0.39, 0.29) is 5.12 Å². The monoisotopic (exact) mass is 214 g/mol. The molecule has 0 aliphatic carbocycles. The summed E-state index contributed by atoms with van der Waals surface area (Å²) < 4.78 is 0. The number of thiol groups is 1. The van der Waals surface area contributed by atoms with E-state index in [1.54, 1.807) is 12.1 Å². The first-order valence-electron chi connectivity index (χ1n) is 4.66. The van der Waals surface area contributed by atoms with Crippen LogP contribution in [0, 0.1) is 0 Å². The first-order chi connectivity index (χ1) is 7.27. The molecular weight excluding hydrogens is 204 g/mol. The maximum Gasteiger partial charge on any atom is 0.216 e. The molecule has 0 unspecified atom stereocenters. The second-order valence-electron chi connectivity index (χ2n) is 3.25. The molecule has 0 aliphatic rings. The SMILES string of the molecule is O=C(S)c1ccc(-c2ccccc2)cc1. The average molecular weight is 214 g/mol. The van der Waals surface area contributed by atoms with Crippen molar-refractivity contribution in [3.63, 3.8) is 0 Å². The Morgan fingerprint density at radius 3 is 1.87 bits per heavy atom. The van der Waals surface area contributed by atoms with E-state index in [9.17, 15) is 4.79 Å². The summed E-state index contributed by atoms with van der Waals surface area (Å²) in [5.74, 6) is 0. The van der Waals surface area contributed by atoms with E-state index in [1.807, 2.05) is 42.5 Å². The molecule has 1 nitrogen and oxygen atoms in total. The lowest BCUT2D eigenvalue weighted by Gasteiger charge is -2.01. The van der Waals surface area contributed by atoms with Crippen LogP contribution in [0.4, 0.5) is 0 Å². The highest BCUT2D eigenvalue weighted by atomic mass is 32.1. The van der Waals surface area contributed by atoms with Crippen molar-refractivity contribution in [3.05, 3.63) is 60.2 Å². The summed E-state index contributed by atoms with van der Waals surface area (Å²) in [5.41, 5.74) is 2.88. The summed E-state index contributed by atoms with van der Waals surface area (Å²) in [6, 6.07) is 17.5. The molecule has 0 radical (unpaired) electrons. The smallest absolute Gasteiger partial charge is 0.216 e. The molecule has 74 valence electrons. The van der Waals surface area contributed by atoms with Crippen molar-refractivity contribution >= 4 is 17.7 Å². The predicted molar refractivity (Wildman–Crippen MR) is 65.2 cm³/mol. The van der Waals surface area contributed by atoms with E-state index in [0.717, 1.165) is 11.1 Å². The molecule has 15 heavy (non-hydrogen) atoms. The molecule has 0 aromatic heterocycles. The fourth-order valence-corrected chi connectivity index (χ4v) is 1.58. The summed E-state index contributed by atoms with van der Waals surface area (Å²) >= 11 is 3.77. The molecule has 0 amide bonds. The first kappa shape index (κ1) is 9.99. The zero-order chi connectivity index (χ0) is 10.7. The van der Waals surface area contributed by atoms with Crippen LogP contribution in [-0.4, -0.2) is 5.12 Å². The van der Waals surface area contributed by atoms with Crippen LogP contribution in [0.5, 0.6) is 0 Å². The highest BCUT2D eigenvalue weighted by molar-refractivity contribution is 7.97. The lowest BCUT2D eigenvalue weighted by molar-refractivity contribution is 0.109. The Morgan fingerprint density at radius 2 is 1.33 bits per heavy atom. The summed E-state index contributed by atoms with van der Waals surface area (Å²) in [4.78, 5) is 11.0. The summed E-state index contributed by atoms with van der Waals surface area (Å²) in [6.07, 6.45) is 0. The maximum atomic E-state index is 11.0. The second-order valence-corrected chi connectivity index (χ2v) is 3.65. The summed E-state index contributed by atoms with van der Waals surface area (Å²) in [6.45, 7) is 0. The van der Waals surface area contributed by atoms with Crippen LogP contribution in [0.25, 0.3) is 11.1 Å². The van der Waals surface area contributed by atoms with Gasteiger partial charge in [-0.2, -0.15) is 0 Å². The van der Waals surface area contributed by atoms with E-state index in [0.29, 0.717) is 5.56 Å². The van der Waals surface area contributed by atoms with Crippen molar-refractivity contribution in [2.75, 3.05) is 0 Å². The molecule has 0 atom stereocenters. The van der Waals surface area contributed by atoms with Crippen molar-refractivity contribution < 1.29 is 4.79 Å². The minimum absolute atomic E-state index is 0.199. The number of hydrogen-bond acceptors (Lipinski definition) is 1. The van der Waals surface area contributed by atoms with E-state index >= 15 is 0 Å². The van der Waals surface area contributed by atoms with Gasteiger partial charge in [-0.25, -0.2) is 0 Å². The minimum atomic E-state index is -0.199. The van der Waals surface area contributed by atoms with Gasteiger partial charge in [0.25, 0.3) is 0 Å². The third kappa shape index (κ3) is 2.28. The van der Waals surface area contributed by atoms with Gasteiger partial charge in [0.05, 0.1) is 0 Å². The first-order valence-corrected chi connectivity index (χ1v) is 5.11. The molecule has 0 N–H and O–H groups in total. The predicted octanol–water partition coefficient (Wildman–Crippen LogP) is 3.42. The molecule has 2 rings (SSSR count). The van der Waals surface area contributed by atoms with Gasteiger partial charge in [-0.1, -0.05) is 42.5 Å². The van der Waals surface area contributed by atoms with Crippen LogP contribution < -0.4 is 0 Å². The number of benzene rings is 2. The maximum absolute atomic E-state index is 11.0. The van der Waals surface area contributed by atoms with E-state index < -0.39 is 0 Å². The van der Waals surface area contributed by atoms with E-state index in [4.69, 9.17) is 0 Å². The van der Waals surface area contributed by atoms with Gasteiger partial charge < -0.3 is 0 Å². The highest BCUT2D eigenvalue weighted by Gasteiger charge is 2.00. The van der Waals surface area contributed by atoms with Crippen LogP contribution in [0.2, 0.25) is 0 Å². The lowest BCUT2D eigenvalue weighted by Crippen LogP contribution is -1.87. The molecule has 0 saturated heterocycles. The third-order valence-corrected chi connectivity index (χ3v) is 2.50. The number of carbonyl (C=O) groups excluding carboxylic acids is 1.